The summed E-state index contributed by atoms with van der Waals surface area (Å²) in [4.78, 5) is 31.8. The molecule has 4 heterocycles. The number of carboxylic acids is 1. The molecular formula is C20H25N5O3S. The molecular weight excluding hydrogens is 390 g/mol. The molecule has 0 aromatic carbocycles. The number of nitrogens with one attached hydrogen (secondary N) is 2. The first-order chi connectivity index (χ1) is 14.1. The third-order valence-corrected chi connectivity index (χ3v) is 7.67. The van der Waals surface area contributed by atoms with E-state index in [0.717, 1.165) is 37.8 Å². The summed E-state index contributed by atoms with van der Waals surface area (Å²) >= 11 is 1.56. The third kappa shape index (κ3) is 3.16. The quantitative estimate of drug-likeness (QED) is 0.639. The Bertz CT molecular complexity index is 909. The van der Waals surface area contributed by atoms with E-state index in [1.165, 1.54) is 6.42 Å². The molecule has 2 saturated heterocycles. The molecule has 9 heteroatoms. The molecule has 3 N–H and O–H groups in total. The first-order valence-corrected chi connectivity index (χ1v) is 11.2. The number of hydrogen-bond acceptors (Lipinski definition) is 6. The van der Waals surface area contributed by atoms with Crippen LogP contribution < -0.4 is 5.32 Å². The van der Waals surface area contributed by atoms with Gasteiger partial charge in [0.15, 0.2) is 0 Å². The summed E-state index contributed by atoms with van der Waals surface area (Å²) < 4.78 is 0. The van der Waals surface area contributed by atoms with Crippen molar-refractivity contribution in [3.8, 4) is 0 Å². The van der Waals surface area contributed by atoms with Crippen molar-refractivity contribution in [1.82, 2.24) is 25.4 Å². The van der Waals surface area contributed by atoms with Crippen LogP contribution in [0.2, 0.25) is 0 Å². The number of amides is 1. The predicted molar refractivity (Wildman–Crippen MR) is 107 cm³/mol. The van der Waals surface area contributed by atoms with Gasteiger partial charge in [0, 0.05) is 42.0 Å². The lowest BCUT2D eigenvalue weighted by Gasteiger charge is -2.39. The van der Waals surface area contributed by atoms with Crippen LogP contribution in [-0.4, -0.2) is 55.2 Å². The highest BCUT2D eigenvalue weighted by atomic mass is 32.1. The summed E-state index contributed by atoms with van der Waals surface area (Å²) in [5, 5.41) is 21.3. The SMILES string of the molecule is O=C(O)c1[nH]ncc1CN1[C@@H]2CC[C@H]1[C@@](Cc1cscn1)(C(=O)NC1CCC1)C2. The number of aromatic carboxylic acids is 1. The number of H-pyrrole nitrogens is 1. The number of carbonyl (C=O) groups excluding carboxylic acids is 1. The zero-order chi connectivity index (χ0) is 20.0. The maximum Gasteiger partial charge on any atom is 0.354 e. The van der Waals surface area contributed by atoms with Gasteiger partial charge in [0.1, 0.15) is 5.69 Å². The van der Waals surface area contributed by atoms with E-state index in [1.54, 1.807) is 17.5 Å². The number of aromatic nitrogens is 3. The van der Waals surface area contributed by atoms with Crippen molar-refractivity contribution in [2.24, 2.45) is 5.41 Å². The van der Waals surface area contributed by atoms with E-state index in [0.29, 0.717) is 24.6 Å². The summed E-state index contributed by atoms with van der Waals surface area (Å²) in [7, 11) is 0. The standard InChI is InChI=1S/C20H25N5O3S/c26-18(27)17-12(8-22-24-17)9-25-15-4-5-16(25)20(7-15,6-14-10-29-11-21-14)19(28)23-13-2-1-3-13/h8,10-11,13,15-16H,1-7,9H2,(H,22,24)(H,23,28)(H,26,27)/t15-,16+,20+/m1/s1. The van der Waals surface area contributed by atoms with Gasteiger partial charge in [-0.05, 0) is 38.5 Å². The smallest absolute Gasteiger partial charge is 0.354 e. The first-order valence-electron chi connectivity index (χ1n) is 10.3. The lowest BCUT2D eigenvalue weighted by Crippen LogP contribution is -2.54. The summed E-state index contributed by atoms with van der Waals surface area (Å²) in [6.07, 6.45) is 8.34. The maximum absolute atomic E-state index is 13.5. The highest BCUT2D eigenvalue weighted by Crippen LogP contribution is 2.52. The Morgan fingerprint density at radius 3 is 2.90 bits per heavy atom. The molecule has 2 aliphatic heterocycles. The van der Waals surface area contributed by atoms with Crippen molar-refractivity contribution in [3.63, 3.8) is 0 Å². The monoisotopic (exact) mass is 415 g/mol. The van der Waals surface area contributed by atoms with E-state index in [1.807, 2.05) is 10.9 Å². The molecule has 3 atom stereocenters. The van der Waals surface area contributed by atoms with Crippen LogP contribution in [0, 0.1) is 5.41 Å². The summed E-state index contributed by atoms with van der Waals surface area (Å²) in [6, 6.07) is 0.669. The van der Waals surface area contributed by atoms with Gasteiger partial charge in [-0.25, -0.2) is 9.78 Å². The Kier molecular flexibility index (Phi) is 4.66. The molecule has 0 unspecified atom stereocenters. The number of fused-ring (bicyclic) bond motifs is 2. The fourth-order valence-electron chi connectivity index (χ4n) is 5.40. The lowest BCUT2D eigenvalue weighted by molar-refractivity contribution is -0.134. The maximum atomic E-state index is 13.5. The van der Waals surface area contributed by atoms with E-state index >= 15 is 0 Å². The molecule has 2 aromatic rings. The molecule has 5 rings (SSSR count). The summed E-state index contributed by atoms with van der Waals surface area (Å²) in [5.74, 6) is -0.849. The molecule has 0 radical (unpaired) electrons. The van der Waals surface area contributed by atoms with Crippen molar-refractivity contribution in [2.45, 2.75) is 69.6 Å². The Labute approximate surface area is 172 Å². The van der Waals surface area contributed by atoms with Crippen LogP contribution in [0.5, 0.6) is 0 Å². The molecule has 1 amide bonds. The van der Waals surface area contributed by atoms with Gasteiger partial charge in [-0.3, -0.25) is 14.8 Å². The zero-order valence-corrected chi connectivity index (χ0v) is 17.0. The second-order valence-electron chi connectivity index (χ2n) is 8.61. The van der Waals surface area contributed by atoms with Crippen molar-refractivity contribution in [3.05, 3.63) is 34.0 Å². The van der Waals surface area contributed by atoms with Gasteiger partial charge in [-0.1, -0.05) is 0 Å². The Morgan fingerprint density at radius 2 is 2.21 bits per heavy atom. The number of carbonyl (C=O) groups is 2. The fourth-order valence-corrected chi connectivity index (χ4v) is 5.96. The van der Waals surface area contributed by atoms with Crippen molar-refractivity contribution >= 4 is 23.2 Å². The van der Waals surface area contributed by atoms with Crippen LogP contribution in [0.25, 0.3) is 0 Å². The predicted octanol–water partition coefficient (Wildman–Crippen LogP) is 2.20. The van der Waals surface area contributed by atoms with E-state index in [2.05, 4.69) is 25.4 Å². The van der Waals surface area contributed by atoms with Crippen LogP contribution in [0.1, 0.15) is 60.3 Å². The van der Waals surface area contributed by atoms with Gasteiger partial charge in [-0.15, -0.1) is 11.3 Å². The number of nitrogens with zero attached hydrogens (tertiary/aromatic N) is 3. The lowest BCUT2D eigenvalue weighted by atomic mass is 9.69. The van der Waals surface area contributed by atoms with Crippen LogP contribution in [-0.2, 0) is 17.8 Å². The minimum Gasteiger partial charge on any atom is -0.477 e. The molecule has 29 heavy (non-hydrogen) atoms. The second kappa shape index (κ2) is 7.21. The number of carboxylic acid groups (broad SMARTS) is 1. The third-order valence-electron chi connectivity index (χ3n) is 7.04. The van der Waals surface area contributed by atoms with Crippen molar-refractivity contribution < 1.29 is 14.7 Å². The van der Waals surface area contributed by atoms with Gasteiger partial charge in [0.05, 0.1) is 22.8 Å². The molecule has 2 bridgehead atoms. The average molecular weight is 416 g/mol. The van der Waals surface area contributed by atoms with Gasteiger partial charge in [0.2, 0.25) is 5.91 Å². The Morgan fingerprint density at radius 1 is 1.34 bits per heavy atom. The zero-order valence-electron chi connectivity index (χ0n) is 16.1. The van der Waals surface area contributed by atoms with E-state index in [-0.39, 0.29) is 23.7 Å². The molecule has 0 spiro atoms. The first kappa shape index (κ1) is 18.7. The molecule has 8 nitrogen and oxygen atoms in total. The summed E-state index contributed by atoms with van der Waals surface area (Å²) in [5.41, 5.74) is 3.11. The Balaban J connectivity index is 1.43. The fraction of sp³-hybridized carbons (Fsp3) is 0.600. The van der Waals surface area contributed by atoms with Crippen LogP contribution >= 0.6 is 11.3 Å². The summed E-state index contributed by atoms with van der Waals surface area (Å²) in [6.45, 7) is 0.503. The molecule has 3 fully saturated rings. The van der Waals surface area contributed by atoms with Gasteiger partial charge >= 0.3 is 5.97 Å². The van der Waals surface area contributed by atoms with E-state index in [9.17, 15) is 14.7 Å². The van der Waals surface area contributed by atoms with Gasteiger partial charge < -0.3 is 10.4 Å². The number of hydrogen-bond donors (Lipinski definition) is 3. The number of rotatable bonds is 7. The molecule has 1 saturated carbocycles. The number of thiazole rings is 1. The van der Waals surface area contributed by atoms with E-state index < -0.39 is 11.4 Å². The second-order valence-corrected chi connectivity index (χ2v) is 9.33. The molecule has 154 valence electrons. The number of aromatic amines is 1. The van der Waals surface area contributed by atoms with Crippen molar-refractivity contribution in [1.29, 1.82) is 0 Å². The minimum atomic E-state index is -1.000. The van der Waals surface area contributed by atoms with Gasteiger partial charge in [-0.2, -0.15) is 5.10 Å². The highest BCUT2D eigenvalue weighted by molar-refractivity contribution is 7.07. The van der Waals surface area contributed by atoms with Crippen LogP contribution in [0.3, 0.4) is 0 Å². The van der Waals surface area contributed by atoms with Gasteiger partial charge in [0.25, 0.3) is 0 Å². The normalized spacial score (nSPS) is 29.1. The van der Waals surface area contributed by atoms with Crippen LogP contribution in [0.4, 0.5) is 0 Å². The largest absolute Gasteiger partial charge is 0.477 e. The Hall–Kier alpha value is -2.26. The topological polar surface area (TPSA) is 111 Å². The minimum absolute atomic E-state index is 0.0887. The highest BCUT2D eigenvalue weighted by Gasteiger charge is 2.60. The van der Waals surface area contributed by atoms with E-state index in [4.69, 9.17) is 0 Å². The molecule has 1 aliphatic carbocycles. The van der Waals surface area contributed by atoms with Crippen LogP contribution in [0.15, 0.2) is 17.1 Å². The molecule has 3 aliphatic rings. The molecule has 2 aromatic heterocycles. The average Bonchev–Trinajstić information content (AvgIpc) is 3.44. The van der Waals surface area contributed by atoms with Crippen molar-refractivity contribution in [2.75, 3.05) is 0 Å².